The van der Waals surface area contributed by atoms with Crippen molar-refractivity contribution >= 4 is 0 Å². The molecular formula is C16H29N. The summed E-state index contributed by atoms with van der Waals surface area (Å²) >= 11 is 0. The van der Waals surface area contributed by atoms with Gasteiger partial charge in [0.05, 0.1) is 0 Å². The summed E-state index contributed by atoms with van der Waals surface area (Å²) in [4.78, 5) is 2.44. The Morgan fingerprint density at radius 1 is 1.29 bits per heavy atom. The normalized spacial score (nSPS) is 17.9. The minimum absolute atomic E-state index is 0.887. The molecule has 0 amide bonds. The van der Waals surface area contributed by atoms with Gasteiger partial charge >= 0.3 is 0 Å². The monoisotopic (exact) mass is 235 g/mol. The fourth-order valence-corrected chi connectivity index (χ4v) is 1.87. The summed E-state index contributed by atoms with van der Waals surface area (Å²) in [6.07, 6.45) is 12.2. The Hall–Kier alpha value is -0.980. The second-order valence-electron chi connectivity index (χ2n) is 4.30. The number of hydrogen-bond acceptors (Lipinski definition) is 1. The number of nitrogens with zero attached hydrogens (tertiary/aromatic N) is 1. The number of likely N-dealkylation sites (tertiary alicyclic amines) is 1. The van der Waals surface area contributed by atoms with Crippen molar-refractivity contribution in [2.45, 2.75) is 47.0 Å². The molecule has 0 unspecified atom stereocenters. The van der Waals surface area contributed by atoms with Crippen LogP contribution in [0.3, 0.4) is 0 Å². The molecule has 0 aromatic rings. The van der Waals surface area contributed by atoms with Crippen LogP contribution < -0.4 is 0 Å². The van der Waals surface area contributed by atoms with E-state index in [1.165, 1.54) is 31.6 Å². The number of hydrogen-bond donors (Lipinski definition) is 0. The lowest BCUT2D eigenvalue weighted by Crippen LogP contribution is -2.31. The molecule has 0 atom stereocenters. The Morgan fingerprint density at radius 3 is 2.35 bits per heavy atom. The van der Waals surface area contributed by atoms with E-state index in [2.05, 4.69) is 43.6 Å². The largest absolute Gasteiger partial charge is 0.372 e. The molecule has 98 valence electrons. The molecule has 1 rings (SSSR count). The molecule has 0 aromatic carbocycles. The molecule has 0 N–H and O–H groups in total. The summed E-state index contributed by atoms with van der Waals surface area (Å²) < 4.78 is 0. The molecule has 1 saturated heterocycles. The maximum Gasteiger partial charge on any atom is 0.0360 e. The Kier molecular flexibility index (Phi) is 9.60. The van der Waals surface area contributed by atoms with Crippen molar-refractivity contribution in [2.24, 2.45) is 5.92 Å². The van der Waals surface area contributed by atoms with Crippen LogP contribution in [0.5, 0.6) is 0 Å². The zero-order valence-corrected chi connectivity index (χ0v) is 12.1. The first-order chi connectivity index (χ1) is 8.27. The number of rotatable bonds is 4. The fraction of sp³-hybridized carbons (Fsp3) is 0.625. The highest BCUT2D eigenvalue weighted by molar-refractivity contribution is 5.21. The molecule has 0 aromatic heterocycles. The van der Waals surface area contributed by atoms with Gasteiger partial charge in [0.15, 0.2) is 0 Å². The molecule has 1 heterocycles. The van der Waals surface area contributed by atoms with Gasteiger partial charge in [-0.15, -0.1) is 0 Å². The maximum atomic E-state index is 3.89. The van der Waals surface area contributed by atoms with Crippen LogP contribution >= 0.6 is 0 Å². The highest BCUT2D eigenvalue weighted by Gasteiger charge is 2.15. The van der Waals surface area contributed by atoms with Gasteiger partial charge in [0.1, 0.15) is 0 Å². The third kappa shape index (κ3) is 6.35. The average Bonchev–Trinajstić information content (AvgIpc) is 2.39. The van der Waals surface area contributed by atoms with Crippen LogP contribution in [-0.4, -0.2) is 18.0 Å². The topological polar surface area (TPSA) is 3.24 Å². The van der Waals surface area contributed by atoms with Crippen molar-refractivity contribution in [1.29, 1.82) is 0 Å². The van der Waals surface area contributed by atoms with Gasteiger partial charge in [0.25, 0.3) is 0 Å². The molecule has 1 aliphatic rings. The Bertz CT molecular complexity index is 242. The summed E-state index contributed by atoms with van der Waals surface area (Å²) in [5, 5.41) is 0. The van der Waals surface area contributed by atoms with Gasteiger partial charge < -0.3 is 4.90 Å². The van der Waals surface area contributed by atoms with Crippen LogP contribution in [0, 0.1) is 5.92 Å². The predicted octanol–water partition coefficient (Wildman–Crippen LogP) is 4.78. The molecule has 1 fully saturated rings. The third-order valence-electron chi connectivity index (χ3n) is 3.00. The molecule has 1 nitrogen and oxygen atoms in total. The molecular weight excluding hydrogens is 206 g/mol. The summed E-state index contributed by atoms with van der Waals surface area (Å²) in [7, 11) is 0. The average molecular weight is 235 g/mol. The van der Waals surface area contributed by atoms with Crippen LogP contribution in [0.1, 0.15) is 47.0 Å². The van der Waals surface area contributed by atoms with Gasteiger partial charge in [-0.2, -0.15) is 0 Å². The minimum atomic E-state index is 0.887. The maximum absolute atomic E-state index is 3.89. The minimum Gasteiger partial charge on any atom is -0.372 e. The van der Waals surface area contributed by atoms with Gasteiger partial charge in [0, 0.05) is 18.8 Å². The summed E-state index contributed by atoms with van der Waals surface area (Å²) in [5.41, 5.74) is 1.27. The van der Waals surface area contributed by atoms with Crippen LogP contribution in [0.4, 0.5) is 0 Å². The van der Waals surface area contributed by atoms with Gasteiger partial charge in [-0.3, -0.25) is 0 Å². The lowest BCUT2D eigenvalue weighted by Gasteiger charge is -2.32. The SMILES string of the molecule is C=C/C(=C\C=C/CC)N1CCC(C)CC1.CC. The Morgan fingerprint density at radius 2 is 1.88 bits per heavy atom. The lowest BCUT2D eigenvalue weighted by molar-refractivity contribution is 0.243. The van der Waals surface area contributed by atoms with Gasteiger partial charge in [-0.05, 0) is 37.3 Å². The Balaban J connectivity index is 0.00000121. The molecule has 0 spiro atoms. The molecule has 0 aliphatic carbocycles. The highest BCUT2D eigenvalue weighted by atomic mass is 15.1. The standard InChI is InChI=1S/C14H23N.C2H6/c1-4-6-7-8-14(5-2)15-11-9-13(3)10-12-15;1-2/h5-8,13H,2,4,9-12H2,1,3H3;1-2H3/b7-6-,14-8+;. The van der Waals surface area contributed by atoms with Gasteiger partial charge in [-0.1, -0.05) is 46.4 Å². The van der Waals surface area contributed by atoms with E-state index in [1.54, 1.807) is 0 Å². The lowest BCUT2D eigenvalue weighted by atomic mass is 9.99. The van der Waals surface area contributed by atoms with Crippen molar-refractivity contribution in [3.05, 3.63) is 36.6 Å². The molecule has 17 heavy (non-hydrogen) atoms. The summed E-state index contributed by atoms with van der Waals surface area (Å²) in [6.45, 7) is 14.7. The number of piperidine rings is 1. The zero-order valence-electron chi connectivity index (χ0n) is 12.1. The van der Waals surface area contributed by atoms with Crippen molar-refractivity contribution in [3.63, 3.8) is 0 Å². The van der Waals surface area contributed by atoms with Crippen LogP contribution in [0.15, 0.2) is 36.6 Å². The van der Waals surface area contributed by atoms with Gasteiger partial charge in [-0.25, -0.2) is 0 Å². The first-order valence-electron chi connectivity index (χ1n) is 7.02. The van der Waals surface area contributed by atoms with Crippen molar-refractivity contribution in [1.82, 2.24) is 4.90 Å². The van der Waals surface area contributed by atoms with E-state index in [1.807, 2.05) is 19.9 Å². The predicted molar refractivity (Wildman–Crippen MR) is 79.0 cm³/mol. The van der Waals surface area contributed by atoms with Crippen molar-refractivity contribution in [3.8, 4) is 0 Å². The van der Waals surface area contributed by atoms with Gasteiger partial charge in [0.2, 0.25) is 0 Å². The van der Waals surface area contributed by atoms with E-state index in [-0.39, 0.29) is 0 Å². The van der Waals surface area contributed by atoms with E-state index >= 15 is 0 Å². The van der Waals surface area contributed by atoms with Crippen molar-refractivity contribution < 1.29 is 0 Å². The summed E-state index contributed by atoms with van der Waals surface area (Å²) in [6, 6.07) is 0. The van der Waals surface area contributed by atoms with E-state index < -0.39 is 0 Å². The second kappa shape index (κ2) is 10.2. The molecule has 1 heteroatoms. The molecule has 1 aliphatic heterocycles. The van der Waals surface area contributed by atoms with E-state index in [4.69, 9.17) is 0 Å². The van der Waals surface area contributed by atoms with E-state index in [0.717, 1.165) is 12.3 Å². The number of allylic oxidation sites excluding steroid dienone is 4. The third-order valence-corrected chi connectivity index (χ3v) is 3.00. The highest BCUT2D eigenvalue weighted by Crippen LogP contribution is 2.20. The zero-order chi connectivity index (χ0) is 13.1. The second-order valence-corrected chi connectivity index (χ2v) is 4.30. The van der Waals surface area contributed by atoms with Crippen LogP contribution in [-0.2, 0) is 0 Å². The van der Waals surface area contributed by atoms with E-state index in [0.29, 0.717) is 0 Å². The quantitative estimate of drug-likeness (QED) is 0.634. The van der Waals surface area contributed by atoms with Crippen LogP contribution in [0.25, 0.3) is 0 Å². The first kappa shape index (κ1) is 16.0. The summed E-state index contributed by atoms with van der Waals surface area (Å²) in [5.74, 6) is 0.887. The molecule has 0 saturated carbocycles. The fourth-order valence-electron chi connectivity index (χ4n) is 1.87. The van der Waals surface area contributed by atoms with E-state index in [9.17, 15) is 0 Å². The van der Waals surface area contributed by atoms with Crippen LogP contribution in [0.2, 0.25) is 0 Å². The Labute approximate surface area is 108 Å². The smallest absolute Gasteiger partial charge is 0.0360 e. The molecule has 0 bridgehead atoms. The first-order valence-corrected chi connectivity index (χ1v) is 7.02. The molecule has 0 radical (unpaired) electrons. The van der Waals surface area contributed by atoms with Crippen molar-refractivity contribution in [2.75, 3.05) is 13.1 Å².